The Morgan fingerprint density at radius 2 is 2.19 bits per heavy atom. The molecule has 1 amide bonds. The summed E-state index contributed by atoms with van der Waals surface area (Å²) in [6.07, 6.45) is 4.67. The third kappa shape index (κ3) is 4.08. The molecule has 0 aliphatic carbocycles. The number of nitrogens with zero attached hydrogens (tertiary/aromatic N) is 2. The second-order valence-corrected chi connectivity index (χ2v) is 5.18. The fourth-order valence-electron chi connectivity index (χ4n) is 2.10. The highest BCUT2D eigenvalue weighted by Gasteiger charge is 2.11. The van der Waals surface area contributed by atoms with Crippen LogP contribution < -0.4 is 10.6 Å². The van der Waals surface area contributed by atoms with E-state index in [9.17, 15) is 4.79 Å². The highest BCUT2D eigenvalue weighted by molar-refractivity contribution is 5.99. The Balaban J connectivity index is 2.07. The second-order valence-electron chi connectivity index (χ2n) is 5.18. The molecular formula is C16H22N4O. The molecule has 0 unspecified atom stereocenters. The Bertz CT molecular complexity index is 618. The van der Waals surface area contributed by atoms with Crippen molar-refractivity contribution in [2.45, 2.75) is 26.8 Å². The van der Waals surface area contributed by atoms with E-state index in [1.165, 1.54) is 0 Å². The Kier molecular flexibility index (Phi) is 4.98. The van der Waals surface area contributed by atoms with Crippen LogP contribution in [-0.4, -0.2) is 22.2 Å². The molecule has 5 nitrogen and oxygen atoms in total. The molecule has 0 spiro atoms. The molecule has 1 aromatic heterocycles. The molecule has 112 valence electrons. The molecule has 0 saturated heterocycles. The summed E-state index contributed by atoms with van der Waals surface area (Å²) in [5.41, 5.74) is 3.69. The lowest BCUT2D eigenvalue weighted by Gasteiger charge is -2.12. The van der Waals surface area contributed by atoms with E-state index in [2.05, 4.69) is 22.7 Å². The van der Waals surface area contributed by atoms with Crippen LogP contribution in [-0.2, 0) is 13.6 Å². The van der Waals surface area contributed by atoms with E-state index in [0.717, 1.165) is 29.8 Å². The maximum Gasteiger partial charge on any atom is 0.253 e. The first-order valence-corrected chi connectivity index (χ1v) is 7.20. The maximum atomic E-state index is 12.3. The standard InChI is InChI=1S/C16H22N4O/c1-4-7-17-15-8-12(2)5-6-14(15)16(21)18-9-13-10-19-20(3)11-13/h5-6,8,10-11,17H,4,7,9H2,1-3H3,(H,18,21). The number of nitrogens with one attached hydrogen (secondary N) is 2. The lowest BCUT2D eigenvalue weighted by molar-refractivity contribution is 0.0951. The van der Waals surface area contributed by atoms with Crippen LogP contribution in [0, 0.1) is 6.92 Å². The first-order valence-electron chi connectivity index (χ1n) is 7.20. The van der Waals surface area contributed by atoms with Gasteiger partial charge in [0.05, 0.1) is 11.8 Å². The van der Waals surface area contributed by atoms with Gasteiger partial charge in [-0.1, -0.05) is 13.0 Å². The van der Waals surface area contributed by atoms with Crippen molar-refractivity contribution in [2.24, 2.45) is 7.05 Å². The Morgan fingerprint density at radius 1 is 1.38 bits per heavy atom. The summed E-state index contributed by atoms with van der Waals surface area (Å²) in [6.45, 7) is 5.46. The van der Waals surface area contributed by atoms with E-state index in [-0.39, 0.29) is 5.91 Å². The molecule has 2 rings (SSSR count). The Morgan fingerprint density at radius 3 is 2.86 bits per heavy atom. The third-order valence-corrected chi connectivity index (χ3v) is 3.20. The lowest BCUT2D eigenvalue weighted by Crippen LogP contribution is -2.24. The molecule has 0 aliphatic heterocycles. The fourth-order valence-corrected chi connectivity index (χ4v) is 2.10. The van der Waals surface area contributed by atoms with Crippen molar-refractivity contribution in [3.63, 3.8) is 0 Å². The highest BCUT2D eigenvalue weighted by atomic mass is 16.1. The summed E-state index contributed by atoms with van der Waals surface area (Å²) in [4.78, 5) is 12.3. The van der Waals surface area contributed by atoms with Gasteiger partial charge in [-0.2, -0.15) is 5.10 Å². The number of carbonyl (C=O) groups is 1. The summed E-state index contributed by atoms with van der Waals surface area (Å²) in [6, 6.07) is 5.83. The predicted molar refractivity (Wildman–Crippen MR) is 84.3 cm³/mol. The van der Waals surface area contributed by atoms with Crippen molar-refractivity contribution in [1.82, 2.24) is 15.1 Å². The SMILES string of the molecule is CCCNc1cc(C)ccc1C(=O)NCc1cnn(C)c1. The molecule has 5 heteroatoms. The zero-order valence-corrected chi connectivity index (χ0v) is 12.8. The largest absolute Gasteiger partial charge is 0.384 e. The van der Waals surface area contributed by atoms with Crippen LogP contribution in [0.25, 0.3) is 0 Å². The average molecular weight is 286 g/mol. The molecule has 2 aromatic rings. The molecular weight excluding hydrogens is 264 g/mol. The van der Waals surface area contributed by atoms with Gasteiger partial charge in [-0.3, -0.25) is 9.48 Å². The summed E-state index contributed by atoms with van der Waals surface area (Å²) in [5, 5.41) is 10.3. The van der Waals surface area contributed by atoms with Gasteiger partial charge in [0.15, 0.2) is 0 Å². The molecule has 0 radical (unpaired) electrons. The topological polar surface area (TPSA) is 59.0 Å². The molecule has 0 atom stereocenters. The van der Waals surface area contributed by atoms with Gasteiger partial charge in [0.25, 0.3) is 5.91 Å². The number of aryl methyl sites for hydroxylation is 2. The quantitative estimate of drug-likeness (QED) is 0.857. The van der Waals surface area contributed by atoms with Gasteiger partial charge in [0.1, 0.15) is 0 Å². The molecule has 0 saturated carbocycles. The lowest BCUT2D eigenvalue weighted by atomic mass is 10.1. The molecule has 2 N–H and O–H groups in total. The summed E-state index contributed by atoms with van der Waals surface area (Å²) < 4.78 is 1.72. The number of carbonyl (C=O) groups excluding carboxylic acids is 1. The first kappa shape index (κ1) is 15.1. The van der Waals surface area contributed by atoms with Gasteiger partial charge in [-0.05, 0) is 31.0 Å². The van der Waals surface area contributed by atoms with Crippen LogP contribution in [0.15, 0.2) is 30.6 Å². The van der Waals surface area contributed by atoms with Gasteiger partial charge in [-0.25, -0.2) is 0 Å². The van der Waals surface area contributed by atoms with Crippen molar-refractivity contribution in [1.29, 1.82) is 0 Å². The van der Waals surface area contributed by atoms with Gasteiger partial charge in [-0.15, -0.1) is 0 Å². The van der Waals surface area contributed by atoms with Crippen LogP contribution in [0.5, 0.6) is 0 Å². The molecule has 0 bridgehead atoms. The minimum absolute atomic E-state index is 0.0718. The van der Waals surface area contributed by atoms with E-state index in [0.29, 0.717) is 12.1 Å². The van der Waals surface area contributed by atoms with Crippen molar-refractivity contribution >= 4 is 11.6 Å². The fraction of sp³-hybridized carbons (Fsp3) is 0.375. The molecule has 21 heavy (non-hydrogen) atoms. The first-order chi connectivity index (χ1) is 10.1. The van der Waals surface area contributed by atoms with Gasteiger partial charge < -0.3 is 10.6 Å². The second kappa shape index (κ2) is 6.92. The third-order valence-electron chi connectivity index (χ3n) is 3.20. The molecule has 0 aliphatic rings. The van der Waals surface area contributed by atoms with Gasteiger partial charge in [0.2, 0.25) is 0 Å². The van der Waals surface area contributed by atoms with Crippen molar-refractivity contribution in [3.05, 3.63) is 47.3 Å². The number of benzene rings is 1. The maximum absolute atomic E-state index is 12.3. The van der Waals surface area contributed by atoms with Crippen LogP contribution in [0.4, 0.5) is 5.69 Å². The zero-order valence-electron chi connectivity index (χ0n) is 12.8. The van der Waals surface area contributed by atoms with Crippen LogP contribution in [0.2, 0.25) is 0 Å². The monoisotopic (exact) mass is 286 g/mol. The minimum Gasteiger partial charge on any atom is -0.384 e. The van der Waals surface area contributed by atoms with E-state index >= 15 is 0 Å². The summed E-state index contributed by atoms with van der Waals surface area (Å²) in [7, 11) is 1.86. The van der Waals surface area contributed by atoms with Crippen molar-refractivity contribution in [2.75, 3.05) is 11.9 Å². The van der Waals surface area contributed by atoms with Crippen LogP contribution in [0.1, 0.15) is 34.8 Å². The number of hydrogen-bond donors (Lipinski definition) is 2. The Hall–Kier alpha value is -2.30. The van der Waals surface area contributed by atoms with Crippen LogP contribution >= 0.6 is 0 Å². The van der Waals surface area contributed by atoms with E-state index < -0.39 is 0 Å². The number of amides is 1. The highest BCUT2D eigenvalue weighted by Crippen LogP contribution is 2.17. The normalized spacial score (nSPS) is 10.4. The smallest absolute Gasteiger partial charge is 0.253 e. The average Bonchev–Trinajstić information content (AvgIpc) is 2.88. The number of aromatic nitrogens is 2. The summed E-state index contributed by atoms with van der Waals surface area (Å²) >= 11 is 0. The molecule has 1 aromatic carbocycles. The Labute approximate surface area is 125 Å². The summed E-state index contributed by atoms with van der Waals surface area (Å²) in [5.74, 6) is -0.0718. The predicted octanol–water partition coefficient (Wildman–Crippen LogP) is 2.48. The van der Waals surface area contributed by atoms with Crippen molar-refractivity contribution < 1.29 is 4.79 Å². The van der Waals surface area contributed by atoms with Gasteiger partial charge in [0, 0.05) is 37.6 Å². The minimum atomic E-state index is -0.0718. The zero-order chi connectivity index (χ0) is 15.2. The van der Waals surface area contributed by atoms with E-state index in [4.69, 9.17) is 0 Å². The number of anilines is 1. The number of rotatable bonds is 6. The van der Waals surface area contributed by atoms with Crippen LogP contribution in [0.3, 0.4) is 0 Å². The number of hydrogen-bond acceptors (Lipinski definition) is 3. The molecule has 0 fully saturated rings. The van der Waals surface area contributed by atoms with Gasteiger partial charge >= 0.3 is 0 Å². The molecule has 1 heterocycles. The van der Waals surface area contributed by atoms with Crippen molar-refractivity contribution in [3.8, 4) is 0 Å². The van der Waals surface area contributed by atoms with E-state index in [1.54, 1.807) is 10.9 Å². The van der Waals surface area contributed by atoms with E-state index in [1.807, 2.05) is 38.4 Å².